The van der Waals surface area contributed by atoms with Crippen LogP contribution in [0.2, 0.25) is 0 Å². The van der Waals surface area contributed by atoms with E-state index in [4.69, 9.17) is 4.74 Å². The second-order valence-corrected chi connectivity index (χ2v) is 6.85. The Labute approximate surface area is 173 Å². The van der Waals surface area contributed by atoms with Crippen molar-refractivity contribution < 1.29 is 14.3 Å². The summed E-state index contributed by atoms with van der Waals surface area (Å²) < 4.78 is 5.73. The van der Waals surface area contributed by atoms with Crippen LogP contribution in [0.5, 0.6) is 5.75 Å². The molecule has 6 nitrogen and oxygen atoms in total. The third kappa shape index (κ3) is 8.25. The lowest BCUT2D eigenvalue weighted by atomic mass is 10.2. The Bertz CT molecular complexity index is 775. The number of hydrogen-bond donors (Lipinski definition) is 3. The maximum atomic E-state index is 12.2. The number of amides is 2. The van der Waals surface area contributed by atoms with Gasteiger partial charge >= 0.3 is 0 Å². The summed E-state index contributed by atoms with van der Waals surface area (Å²) in [6, 6.07) is 14.4. The maximum Gasteiger partial charge on any atom is 0.251 e. The van der Waals surface area contributed by atoms with Gasteiger partial charge in [-0.05, 0) is 48.9 Å². The summed E-state index contributed by atoms with van der Waals surface area (Å²) in [7, 11) is 1.58. The zero-order valence-corrected chi connectivity index (χ0v) is 17.3. The highest BCUT2D eigenvalue weighted by Gasteiger charge is 2.06. The SMILES string of the molecule is CCCCCCCOc1ccc(NC(=O)CNc2cccc(C(=O)NC)c2)cc1. The molecule has 0 saturated heterocycles. The predicted octanol–water partition coefficient (Wildman–Crippen LogP) is 4.45. The fourth-order valence-corrected chi connectivity index (χ4v) is 2.83. The molecule has 0 fully saturated rings. The molecule has 0 aliphatic rings. The number of ether oxygens (including phenoxy) is 1. The molecule has 2 aromatic rings. The van der Waals surface area contributed by atoms with Crippen LogP contribution in [0.25, 0.3) is 0 Å². The Morgan fingerprint density at radius 2 is 1.69 bits per heavy atom. The molecule has 0 heterocycles. The number of hydrogen-bond acceptors (Lipinski definition) is 4. The highest BCUT2D eigenvalue weighted by atomic mass is 16.5. The van der Waals surface area contributed by atoms with Crippen LogP contribution in [-0.4, -0.2) is 32.0 Å². The highest BCUT2D eigenvalue weighted by Crippen LogP contribution is 2.16. The van der Waals surface area contributed by atoms with Gasteiger partial charge in [-0.2, -0.15) is 0 Å². The molecule has 6 heteroatoms. The average Bonchev–Trinajstić information content (AvgIpc) is 2.75. The van der Waals surface area contributed by atoms with Crippen LogP contribution >= 0.6 is 0 Å². The molecule has 2 aromatic carbocycles. The lowest BCUT2D eigenvalue weighted by Crippen LogP contribution is -2.22. The predicted molar refractivity (Wildman–Crippen MR) is 118 cm³/mol. The number of carbonyl (C=O) groups excluding carboxylic acids is 2. The van der Waals surface area contributed by atoms with E-state index in [9.17, 15) is 9.59 Å². The minimum Gasteiger partial charge on any atom is -0.494 e. The van der Waals surface area contributed by atoms with Gasteiger partial charge in [-0.3, -0.25) is 9.59 Å². The molecule has 2 amide bonds. The topological polar surface area (TPSA) is 79.5 Å². The quantitative estimate of drug-likeness (QED) is 0.463. The summed E-state index contributed by atoms with van der Waals surface area (Å²) >= 11 is 0. The van der Waals surface area contributed by atoms with Crippen LogP contribution < -0.4 is 20.7 Å². The molecule has 2 rings (SSSR count). The number of carbonyl (C=O) groups is 2. The second-order valence-electron chi connectivity index (χ2n) is 6.85. The van der Waals surface area contributed by atoms with Crippen LogP contribution in [0, 0.1) is 0 Å². The van der Waals surface area contributed by atoms with Crippen molar-refractivity contribution in [3.05, 3.63) is 54.1 Å². The van der Waals surface area contributed by atoms with Crippen molar-refractivity contribution >= 4 is 23.2 Å². The van der Waals surface area contributed by atoms with Gasteiger partial charge in [0.2, 0.25) is 5.91 Å². The van der Waals surface area contributed by atoms with Gasteiger partial charge in [0.25, 0.3) is 5.91 Å². The molecular formula is C23H31N3O3. The van der Waals surface area contributed by atoms with Crippen LogP contribution in [0.15, 0.2) is 48.5 Å². The largest absolute Gasteiger partial charge is 0.494 e. The fraction of sp³-hybridized carbons (Fsp3) is 0.391. The minimum absolute atomic E-state index is 0.104. The molecule has 0 aliphatic carbocycles. The number of nitrogens with one attached hydrogen (secondary N) is 3. The molecule has 3 N–H and O–H groups in total. The standard InChI is InChI=1S/C23H31N3O3/c1-3-4-5-6-7-15-29-21-13-11-19(12-14-21)26-22(27)17-25-20-10-8-9-18(16-20)23(28)24-2/h8-14,16,25H,3-7,15,17H2,1-2H3,(H,24,28)(H,26,27). The first-order chi connectivity index (χ1) is 14.1. The molecule has 0 atom stereocenters. The molecular weight excluding hydrogens is 366 g/mol. The third-order valence-electron chi connectivity index (χ3n) is 4.46. The van der Waals surface area contributed by atoms with Gasteiger partial charge in [0, 0.05) is 24.0 Å². The number of unbranched alkanes of at least 4 members (excludes halogenated alkanes) is 4. The molecule has 0 unspecified atom stereocenters. The summed E-state index contributed by atoms with van der Waals surface area (Å²) in [5.74, 6) is 0.476. The Morgan fingerprint density at radius 1 is 0.931 bits per heavy atom. The molecule has 156 valence electrons. The zero-order chi connectivity index (χ0) is 20.9. The molecule has 0 bridgehead atoms. The molecule has 0 radical (unpaired) electrons. The molecule has 0 aliphatic heterocycles. The summed E-state index contributed by atoms with van der Waals surface area (Å²) in [5, 5.41) is 8.45. The van der Waals surface area contributed by atoms with Gasteiger partial charge in [-0.15, -0.1) is 0 Å². The van der Waals surface area contributed by atoms with Crippen LogP contribution in [0.1, 0.15) is 49.4 Å². The highest BCUT2D eigenvalue weighted by molar-refractivity contribution is 5.96. The van der Waals surface area contributed by atoms with E-state index in [1.54, 1.807) is 25.2 Å². The van der Waals surface area contributed by atoms with E-state index in [0.717, 1.165) is 12.2 Å². The van der Waals surface area contributed by atoms with E-state index in [1.165, 1.54) is 25.7 Å². The summed E-state index contributed by atoms with van der Waals surface area (Å²) in [6.45, 7) is 3.03. The Balaban J connectivity index is 1.73. The summed E-state index contributed by atoms with van der Waals surface area (Å²) in [4.78, 5) is 23.8. The van der Waals surface area contributed by atoms with E-state index >= 15 is 0 Å². The maximum absolute atomic E-state index is 12.2. The van der Waals surface area contributed by atoms with Gasteiger partial charge < -0.3 is 20.7 Å². The van der Waals surface area contributed by atoms with Crippen molar-refractivity contribution in [2.45, 2.75) is 39.0 Å². The number of benzene rings is 2. The van der Waals surface area contributed by atoms with E-state index in [2.05, 4.69) is 22.9 Å². The fourth-order valence-electron chi connectivity index (χ4n) is 2.83. The van der Waals surface area contributed by atoms with Crippen molar-refractivity contribution in [1.82, 2.24) is 5.32 Å². The van der Waals surface area contributed by atoms with Crippen molar-refractivity contribution in [2.75, 3.05) is 30.8 Å². The third-order valence-corrected chi connectivity index (χ3v) is 4.46. The van der Waals surface area contributed by atoms with E-state index < -0.39 is 0 Å². The smallest absolute Gasteiger partial charge is 0.251 e. The lowest BCUT2D eigenvalue weighted by Gasteiger charge is -2.10. The van der Waals surface area contributed by atoms with Gasteiger partial charge in [0.05, 0.1) is 13.2 Å². The van der Waals surface area contributed by atoms with Crippen molar-refractivity contribution in [3.8, 4) is 5.75 Å². The van der Waals surface area contributed by atoms with Crippen molar-refractivity contribution in [1.29, 1.82) is 0 Å². The summed E-state index contributed by atoms with van der Waals surface area (Å²) in [5.41, 5.74) is 1.97. The van der Waals surface area contributed by atoms with Crippen molar-refractivity contribution in [3.63, 3.8) is 0 Å². The monoisotopic (exact) mass is 397 g/mol. The number of rotatable bonds is 12. The molecule has 0 spiro atoms. The first-order valence-corrected chi connectivity index (χ1v) is 10.2. The lowest BCUT2D eigenvalue weighted by molar-refractivity contribution is -0.114. The van der Waals surface area contributed by atoms with E-state index in [1.807, 2.05) is 30.3 Å². The molecule has 0 aromatic heterocycles. The Kier molecular flexibility index (Phi) is 9.55. The second kappa shape index (κ2) is 12.4. The van der Waals surface area contributed by atoms with E-state index in [-0.39, 0.29) is 18.4 Å². The Morgan fingerprint density at radius 3 is 2.41 bits per heavy atom. The normalized spacial score (nSPS) is 10.3. The molecule has 0 saturated carbocycles. The van der Waals surface area contributed by atoms with Crippen molar-refractivity contribution in [2.24, 2.45) is 0 Å². The first kappa shape index (κ1) is 22.3. The van der Waals surface area contributed by atoms with Gasteiger partial charge in [0.1, 0.15) is 5.75 Å². The average molecular weight is 398 g/mol. The minimum atomic E-state index is -0.167. The van der Waals surface area contributed by atoms with E-state index in [0.29, 0.717) is 23.5 Å². The van der Waals surface area contributed by atoms with Gasteiger partial charge in [-0.1, -0.05) is 38.7 Å². The number of anilines is 2. The van der Waals surface area contributed by atoms with Gasteiger partial charge in [-0.25, -0.2) is 0 Å². The summed E-state index contributed by atoms with van der Waals surface area (Å²) in [6.07, 6.45) is 6.04. The Hall–Kier alpha value is -3.02. The molecule has 29 heavy (non-hydrogen) atoms. The van der Waals surface area contributed by atoms with Gasteiger partial charge in [0.15, 0.2) is 0 Å². The first-order valence-electron chi connectivity index (χ1n) is 10.2. The zero-order valence-electron chi connectivity index (χ0n) is 17.3. The van der Waals surface area contributed by atoms with Crippen LogP contribution in [-0.2, 0) is 4.79 Å². The van der Waals surface area contributed by atoms with Crippen LogP contribution in [0.3, 0.4) is 0 Å². The van der Waals surface area contributed by atoms with Crippen LogP contribution in [0.4, 0.5) is 11.4 Å².